The summed E-state index contributed by atoms with van der Waals surface area (Å²) in [5.41, 5.74) is 1.26. The molecule has 4 saturated carbocycles. The number of hydrogen-bond donors (Lipinski definition) is 1. The van der Waals surface area contributed by atoms with Crippen LogP contribution in [0.25, 0.3) is 0 Å². The summed E-state index contributed by atoms with van der Waals surface area (Å²) in [6, 6.07) is 0. The Bertz CT molecular complexity index is 1250. The second-order valence-corrected chi connectivity index (χ2v) is 21.0. The second kappa shape index (κ2) is 17.9. The average molecular weight is 737 g/mol. The van der Waals surface area contributed by atoms with Crippen molar-refractivity contribution in [2.45, 2.75) is 228 Å². The first-order valence-electron chi connectivity index (χ1n) is 23.3. The van der Waals surface area contributed by atoms with Crippen molar-refractivity contribution in [3.63, 3.8) is 0 Å². The zero-order chi connectivity index (χ0) is 38.5. The highest BCUT2D eigenvalue weighted by molar-refractivity contribution is 5.76. The topological polar surface area (TPSA) is 63.6 Å². The van der Waals surface area contributed by atoms with Crippen molar-refractivity contribution in [1.82, 2.24) is 0 Å². The molecule has 0 saturated heterocycles. The lowest BCUT2D eigenvalue weighted by Crippen LogP contribution is -2.65. The molecule has 10 atom stereocenters. The van der Waals surface area contributed by atoms with Gasteiger partial charge in [0.1, 0.15) is 6.10 Å². The highest BCUT2D eigenvalue weighted by atomic mass is 16.5. The minimum absolute atomic E-state index is 0.000732. The number of carbonyl (C=O) groups excluding carboxylic acids is 1. The summed E-state index contributed by atoms with van der Waals surface area (Å²) in [7, 11) is 0. The molecule has 5 rings (SSSR count). The molecule has 0 aromatic rings. The van der Waals surface area contributed by atoms with Crippen LogP contribution in [0.1, 0.15) is 222 Å². The fourth-order valence-electron chi connectivity index (χ4n) is 14.1. The van der Waals surface area contributed by atoms with E-state index in [4.69, 9.17) is 4.74 Å². The Kier molecular flexibility index (Phi) is 14.4. The Morgan fingerprint density at radius 1 is 0.698 bits per heavy atom. The van der Waals surface area contributed by atoms with E-state index in [1.165, 1.54) is 108 Å². The van der Waals surface area contributed by atoms with Crippen LogP contribution in [0.5, 0.6) is 0 Å². The smallest absolute Gasteiger partial charge is 0.310 e. The maximum absolute atomic E-state index is 13.2. The number of carbonyl (C=O) groups is 2. The maximum Gasteiger partial charge on any atom is 0.310 e. The Balaban J connectivity index is 1.08. The van der Waals surface area contributed by atoms with Gasteiger partial charge in [0.2, 0.25) is 0 Å². The summed E-state index contributed by atoms with van der Waals surface area (Å²) in [5, 5.41) is 10.7. The third-order valence-electron chi connectivity index (χ3n) is 17.9. The molecule has 0 amide bonds. The van der Waals surface area contributed by atoms with E-state index in [2.05, 4.69) is 61.5 Å². The van der Waals surface area contributed by atoms with Gasteiger partial charge in [0.05, 0.1) is 5.41 Å². The van der Waals surface area contributed by atoms with Gasteiger partial charge in [-0.25, -0.2) is 0 Å². The van der Waals surface area contributed by atoms with E-state index < -0.39 is 11.4 Å². The zero-order valence-electron chi connectivity index (χ0n) is 36.1. The monoisotopic (exact) mass is 737 g/mol. The molecule has 1 N–H and O–H groups in total. The fourth-order valence-corrected chi connectivity index (χ4v) is 14.1. The number of ether oxygens (including phenoxy) is 1. The molecule has 0 unspecified atom stereocenters. The predicted molar refractivity (Wildman–Crippen MR) is 221 cm³/mol. The molecule has 5 aliphatic carbocycles. The van der Waals surface area contributed by atoms with E-state index in [1.807, 2.05) is 0 Å². The summed E-state index contributed by atoms with van der Waals surface area (Å²) in [4.78, 5) is 26.3. The van der Waals surface area contributed by atoms with Gasteiger partial charge >= 0.3 is 11.9 Å². The first-order chi connectivity index (χ1) is 25.2. The van der Waals surface area contributed by atoms with Crippen LogP contribution in [-0.2, 0) is 14.3 Å². The quantitative estimate of drug-likeness (QED) is 0.0815. The molecule has 53 heavy (non-hydrogen) atoms. The molecule has 0 aromatic heterocycles. The van der Waals surface area contributed by atoms with Crippen molar-refractivity contribution in [2.75, 3.05) is 0 Å². The number of hydrogen-bond acceptors (Lipinski definition) is 3. The number of unbranched alkanes of at least 4 members (excludes halogenated alkanes) is 15. The van der Waals surface area contributed by atoms with Crippen molar-refractivity contribution in [3.05, 3.63) is 11.6 Å². The Hall–Kier alpha value is -1.32. The molecule has 5 aliphatic rings. The first kappa shape index (κ1) is 42.8. The molecule has 304 valence electrons. The summed E-state index contributed by atoms with van der Waals surface area (Å²) in [5.74, 6) is 1.69. The van der Waals surface area contributed by atoms with Gasteiger partial charge < -0.3 is 9.84 Å². The van der Waals surface area contributed by atoms with Crippen molar-refractivity contribution < 1.29 is 19.4 Å². The number of carboxylic acid groups (broad SMARTS) is 1. The molecule has 0 heterocycles. The second-order valence-electron chi connectivity index (χ2n) is 21.0. The first-order valence-corrected chi connectivity index (χ1v) is 23.3. The van der Waals surface area contributed by atoms with Gasteiger partial charge in [-0.1, -0.05) is 163 Å². The number of carboxylic acids is 1. The molecule has 0 spiro atoms. The van der Waals surface area contributed by atoms with Crippen LogP contribution < -0.4 is 0 Å². The van der Waals surface area contributed by atoms with Gasteiger partial charge in [0, 0.05) is 11.8 Å². The fraction of sp³-hybridized carbons (Fsp3) is 0.918. The lowest BCUT2D eigenvalue weighted by atomic mass is 9.33. The predicted octanol–water partition coefficient (Wildman–Crippen LogP) is 14.3. The highest BCUT2D eigenvalue weighted by Gasteiger charge is 2.69. The van der Waals surface area contributed by atoms with Crippen LogP contribution in [-0.4, -0.2) is 23.1 Å². The van der Waals surface area contributed by atoms with Crippen LogP contribution in [0, 0.1) is 56.7 Å². The van der Waals surface area contributed by atoms with Gasteiger partial charge in [-0.05, 0) is 110 Å². The van der Waals surface area contributed by atoms with E-state index in [0.717, 1.165) is 57.8 Å². The van der Waals surface area contributed by atoms with E-state index in [0.29, 0.717) is 30.1 Å². The summed E-state index contributed by atoms with van der Waals surface area (Å²) in [6.07, 6.45) is 33.8. The molecular weight excluding hydrogens is 653 g/mol. The van der Waals surface area contributed by atoms with Crippen LogP contribution in [0.2, 0.25) is 0 Å². The van der Waals surface area contributed by atoms with Crippen LogP contribution in [0.4, 0.5) is 0 Å². The summed E-state index contributed by atoms with van der Waals surface area (Å²) < 4.78 is 6.40. The molecule has 4 fully saturated rings. The Morgan fingerprint density at radius 2 is 1.26 bits per heavy atom. The molecule has 4 heteroatoms. The third kappa shape index (κ3) is 8.38. The molecule has 0 aromatic carbocycles. The molecule has 4 nitrogen and oxygen atoms in total. The number of allylic oxidation sites excluding steroid dienone is 2. The molecular formula is C49H84O4. The summed E-state index contributed by atoms with van der Waals surface area (Å²) >= 11 is 0. The van der Waals surface area contributed by atoms with Crippen LogP contribution in [0.15, 0.2) is 11.6 Å². The molecule has 0 aliphatic heterocycles. The Labute approximate surface area is 327 Å². The standard InChI is InChI=1S/C49H84O4/c1-9-10-11-12-13-14-15-16-17-18-19-20-21-22-23-24-25-42(50)53-41-30-31-46(6)39(45(41,4)5)29-32-48(8)40(46)27-26-38-43-37(3)36(2)28-33-49(43,44(51)52)35-34-47(38,48)7/h26,36-37,39-41,43H,9-25,27-35H2,1-8H3,(H,51,52)/t36-,37+,39+,40-,41+,43+,46+,47-,48-,49+/m1/s1. The van der Waals surface area contributed by atoms with Crippen molar-refractivity contribution in [2.24, 2.45) is 56.7 Å². The van der Waals surface area contributed by atoms with Crippen molar-refractivity contribution in [3.8, 4) is 0 Å². The van der Waals surface area contributed by atoms with E-state index in [9.17, 15) is 14.7 Å². The third-order valence-corrected chi connectivity index (χ3v) is 17.9. The summed E-state index contributed by atoms with van der Waals surface area (Å²) in [6.45, 7) is 19.6. The largest absolute Gasteiger partial charge is 0.481 e. The minimum Gasteiger partial charge on any atom is -0.481 e. The van der Waals surface area contributed by atoms with E-state index >= 15 is 0 Å². The number of rotatable bonds is 19. The lowest BCUT2D eigenvalue weighted by molar-refractivity contribution is -0.214. The number of fused-ring (bicyclic) bond motifs is 7. The Morgan fingerprint density at radius 3 is 1.83 bits per heavy atom. The average Bonchev–Trinajstić information content (AvgIpc) is 3.11. The van der Waals surface area contributed by atoms with Gasteiger partial charge in [-0.15, -0.1) is 0 Å². The van der Waals surface area contributed by atoms with Crippen LogP contribution >= 0.6 is 0 Å². The van der Waals surface area contributed by atoms with Gasteiger partial charge in [-0.3, -0.25) is 9.59 Å². The van der Waals surface area contributed by atoms with Gasteiger partial charge in [-0.2, -0.15) is 0 Å². The number of aliphatic carboxylic acids is 1. The molecule has 0 radical (unpaired) electrons. The number of esters is 1. The van der Waals surface area contributed by atoms with E-state index in [-0.39, 0.29) is 39.7 Å². The van der Waals surface area contributed by atoms with Crippen LogP contribution in [0.3, 0.4) is 0 Å². The van der Waals surface area contributed by atoms with Gasteiger partial charge in [0.25, 0.3) is 0 Å². The molecule has 0 bridgehead atoms. The normalized spacial score (nSPS) is 38.8. The van der Waals surface area contributed by atoms with Crippen molar-refractivity contribution >= 4 is 11.9 Å². The lowest BCUT2D eigenvalue weighted by Gasteiger charge is -2.71. The minimum atomic E-state index is -0.586. The zero-order valence-corrected chi connectivity index (χ0v) is 36.1. The van der Waals surface area contributed by atoms with Gasteiger partial charge in [0.15, 0.2) is 0 Å². The highest BCUT2D eigenvalue weighted by Crippen LogP contribution is 2.76. The SMILES string of the molecule is CCCCCCCCCCCCCCCCCCC(=O)O[C@H]1CC[C@]2(C)[C@H]3CC=C4[C@@H]5[C@@H](C)[C@H](C)CC[C@]5(C(=O)O)CC[C@@]4(C)[C@]3(C)CC[C@H]2C1(C)C. The van der Waals surface area contributed by atoms with E-state index in [1.54, 1.807) is 0 Å². The van der Waals surface area contributed by atoms with Crippen molar-refractivity contribution in [1.29, 1.82) is 0 Å². The maximum atomic E-state index is 13.2.